The molecule has 0 bridgehead atoms. The topological polar surface area (TPSA) is 67.0 Å². The summed E-state index contributed by atoms with van der Waals surface area (Å²) in [5.41, 5.74) is 0.787. The van der Waals surface area contributed by atoms with Crippen molar-refractivity contribution in [2.75, 3.05) is 12.4 Å². The van der Waals surface area contributed by atoms with Gasteiger partial charge in [-0.3, -0.25) is 4.79 Å². The van der Waals surface area contributed by atoms with Gasteiger partial charge in [0.25, 0.3) is 5.56 Å². The Labute approximate surface area is 119 Å². The molecule has 100 valence electrons. The molecule has 5 nitrogen and oxygen atoms in total. The number of halogens is 1. The molecule has 0 saturated heterocycles. The highest BCUT2D eigenvalue weighted by Gasteiger charge is 2.12. The van der Waals surface area contributed by atoms with Gasteiger partial charge in [0.15, 0.2) is 5.82 Å². The average Bonchev–Trinajstić information content (AvgIpc) is 2.39. The standard InChI is InChI=1S/C13H14BrN3O2/c1-8(9-3-5-10(14)6-4-9)17-12-11(19-2)13(18)16-7-15-12/h3-8H,1-2H3,(H2,15,16,17,18). The number of hydrogen-bond donors (Lipinski definition) is 2. The maximum absolute atomic E-state index is 11.6. The van der Waals surface area contributed by atoms with Crippen LogP contribution >= 0.6 is 15.9 Å². The lowest BCUT2D eigenvalue weighted by Gasteiger charge is -2.16. The number of H-pyrrole nitrogens is 1. The molecule has 1 unspecified atom stereocenters. The van der Waals surface area contributed by atoms with E-state index in [0.29, 0.717) is 5.82 Å². The van der Waals surface area contributed by atoms with Crippen molar-refractivity contribution < 1.29 is 4.74 Å². The van der Waals surface area contributed by atoms with E-state index in [2.05, 4.69) is 31.2 Å². The van der Waals surface area contributed by atoms with E-state index in [1.165, 1.54) is 13.4 Å². The first-order chi connectivity index (χ1) is 9.11. The van der Waals surface area contributed by atoms with Crippen molar-refractivity contribution in [1.82, 2.24) is 9.97 Å². The van der Waals surface area contributed by atoms with Gasteiger partial charge in [0.2, 0.25) is 5.75 Å². The van der Waals surface area contributed by atoms with Crippen LogP contribution in [0.1, 0.15) is 18.5 Å². The lowest BCUT2D eigenvalue weighted by molar-refractivity contribution is 0.407. The molecule has 1 atom stereocenters. The van der Waals surface area contributed by atoms with Crippen LogP contribution in [0.5, 0.6) is 5.75 Å². The maximum Gasteiger partial charge on any atom is 0.295 e. The molecular weight excluding hydrogens is 310 g/mol. The highest BCUT2D eigenvalue weighted by atomic mass is 79.9. The first-order valence-electron chi connectivity index (χ1n) is 5.75. The number of aromatic amines is 1. The molecule has 0 amide bonds. The van der Waals surface area contributed by atoms with E-state index in [9.17, 15) is 4.79 Å². The fourth-order valence-electron chi connectivity index (χ4n) is 1.72. The molecule has 2 aromatic rings. The van der Waals surface area contributed by atoms with Crippen LogP contribution in [-0.2, 0) is 0 Å². The number of nitrogens with zero attached hydrogens (tertiary/aromatic N) is 1. The predicted molar refractivity (Wildman–Crippen MR) is 77.6 cm³/mol. The molecule has 19 heavy (non-hydrogen) atoms. The van der Waals surface area contributed by atoms with E-state index in [1.54, 1.807) is 0 Å². The van der Waals surface area contributed by atoms with E-state index < -0.39 is 0 Å². The second-order valence-electron chi connectivity index (χ2n) is 4.03. The summed E-state index contributed by atoms with van der Waals surface area (Å²) in [5.74, 6) is 0.619. The number of nitrogens with one attached hydrogen (secondary N) is 2. The molecule has 2 N–H and O–H groups in total. The average molecular weight is 324 g/mol. The van der Waals surface area contributed by atoms with Crippen molar-refractivity contribution >= 4 is 21.7 Å². The van der Waals surface area contributed by atoms with Gasteiger partial charge in [-0.2, -0.15) is 0 Å². The fourth-order valence-corrected chi connectivity index (χ4v) is 1.98. The minimum atomic E-state index is -0.303. The molecular formula is C13H14BrN3O2. The van der Waals surface area contributed by atoms with Crippen molar-refractivity contribution in [1.29, 1.82) is 0 Å². The third-order valence-corrected chi connectivity index (χ3v) is 3.27. The summed E-state index contributed by atoms with van der Waals surface area (Å²) >= 11 is 3.40. The van der Waals surface area contributed by atoms with Gasteiger partial charge in [-0.05, 0) is 24.6 Å². The molecule has 1 aromatic heterocycles. The van der Waals surface area contributed by atoms with Crippen LogP contribution in [0, 0.1) is 0 Å². The zero-order valence-corrected chi connectivity index (χ0v) is 12.2. The number of aromatic nitrogens is 2. The Hall–Kier alpha value is -1.82. The monoisotopic (exact) mass is 323 g/mol. The smallest absolute Gasteiger partial charge is 0.295 e. The van der Waals surface area contributed by atoms with Crippen molar-refractivity contribution in [2.45, 2.75) is 13.0 Å². The predicted octanol–water partition coefficient (Wildman–Crippen LogP) is 2.71. The second kappa shape index (κ2) is 5.88. The number of anilines is 1. The van der Waals surface area contributed by atoms with Gasteiger partial charge < -0.3 is 15.0 Å². The molecule has 0 aliphatic carbocycles. The summed E-state index contributed by atoms with van der Waals surface area (Å²) in [6.45, 7) is 1.99. The Kier molecular flexibility index (Phi) is 4.21. The zero-order chi connectivity index (χ0) is 13.8. The Bertz CT molecular complexity index is 610. The normalized spacial score (nSPS) is 11.9. The maximum atomic E-state index is 11.6. The molecule has 0 aliphatic rings. The molecule has 0 radical (unpaired) electrons. The highest BCUT2D eigenvalue weighted by Crippen LogP contribution is 2.23. The minimum Gasteiger partial charge on any atom is -0.489 e. The van der Waals surface area contributed by atoms with E-state index >= 15 is 0 Å². The van der Waals surface area contributed by atoms with Crippen molar-refractivity contribution in [2.24, 2.45) is 0 Å². The van der Waals surface area contributed by atoms with Crippen molar-refractivity contribution in [3.05, 3.63) is 51.0 Å². The van der Waals surface area contributed by atoms with Gasteiger partial charge in [0.1, 0.15) is 0 Å². The minimum absolute atomic E-state index is 0.0105. The van der Waals surface area contributed by atoms with E-state index in [4.69, 9.17) is 4.74 Å². The second-order valence-corrected chi connectivity index (χ2v) is 4.95. The SMILES string of the molecule is COc1c(NC(C)c2ccc(Br)cc2)nc[nH]c1=O. The summed E-state index contributed by atoms with van der Waals surface area (Å²) in [5, 5.41) is 3.17. The van der Waals surface area contributed by atoms with Crippen LogP contribution in [0.2, 0.25) is 0 Å². The quantitative estimate of drug-likeness (QED) is 0.907. The zero-order valence-electron chi connectivity index (χ0n) is 10.6. The summed E-state index contributed by atoms with van der Waals surface area (Å²) in [6, 6.07) is 7.95. The molecule has 0 fully saturated rings. The van der Waals surface area contributed by atoms with Gasteiger partial charge in [0, 0.05) is 4.47 Å². The van der Waals surface area contributed by atoms with Crippen LogP contribution < -0.4 is 15.6 Å². The van der Waals surface area contributed by atoms with Crippen LogP contribution in [0.3, 0.4) is 0 Å². The lowest BCUT2D eigenvalue weighted by Crippen LogP contribution is -2.16. The largest absolute Gasteiger partial charge is 0.489 e. The Balaban J connectivity index is 2.24. The van der Waals surface area contributed by atoms with Crippen LogP contribution in [0.25, 0.3) is 0 Å². The van der Waals surface area contributed by atoms with E-state index in [-0.39, 0.29) is 17.4 Å². The summed E-state index contributed by atoms with van der Waals surface area (Å²) in [7, 11) is 1.45. The molecule has 6 heteroatoms. The first kappa shape index (κ1) is 13.6. The molecule has 0 spiro atoms. The molecule has 1 aromatic carbocycles. The summed E-state index contributed by atoms with van der Waals surface area (Å²) in [4.78, 5) is 18.1. The van der Waals surface area contributed by atoms with Gasteiger partial charge in [-0.1, -0.05) is 28.1 Å². The number of methoxy groups -OCH3 is 1. The third-order valence-electron chi connectivity index (χ3n) is 2.74. The fraction of sp³-hybridized carbons (Fsp3) is 0.231. The molecule has 1 heterocycles. The number of hydrogen-bond acceptors (Lipinski definition) is 4. The third kappa shape index (κ3) is 3.14. The van der Waals surface area contributed by atoms with Gasteiger partial charge in [-0.15, -0.1) is 0 Å². The van der Waals surface area contributed by atoms with Gasteiger partial charge in [0.05, 0.1) is 19.5 Å². The molecule has 0 aliphatic heterocycles. The summed E-state index contributed by atoms with van der Waals surface area (Å²) in [6.07, 6.45) is 1.35. The van der Waals surface area contributed by atoms with Gasteiger partial charge in [-0.25, -0.2) is 4.98 Å². The summed E-state index contributed by atoms with van der Waals surface area (Å²) < 4.78 is 6.08. The van der Waals surface area contributed by atoms with E-state index in [1.807, 2.05) is 31.2 Å². The Morgan fingerprint density at radius 1 is 1.37 bits per heavy atom. The van der Waals surface area contributed by atoms with Crippen LogP contribution in [-0.4, -0.2) is 17.1 Å². The van der Waals surface area contributed by atoms with E-state index in [0.717, 1.165) is 10.0 Å². The first-order valence-corrected chi connectivity index (χ1v) is 6.55. The lowest BCUT2D eigenvalue weighted by atomic mass is 10.1. The highest BCUT2D eigenvalue weighted by molar-refractivity contribution is 9.10. The van der Waals surface area contributed by atoms with Crippen molar-refractivity contribution in [3.8, 4) is 5.75 Å². The van der Waals surface area contributed by atoms with Crippen LogP contribution in [0.15, 0.2) is 39.9 Å². The van der Waals surface area contributed by atoms with Crippen molar-refractivity contribution in [3.63, 3.8) is 0 Å². The van der Waals surface area contributed by atoms with Gasteiger partial charge >= 0.3 is 0 Å². The Morgan fingerprint density at radius 3 is 2.68 bits per heavy atom. The Morgan fingerprint density at radius 2 is 2.05 bits per heavy atom. The molecule has 0 saturated carbocycles. The number of rotatable bonds is 4. The number of ether oxygens (including phenoxy) is 1. The number of benzene rings is 1. The van der Waals surface area contributed by atoms with Crippen LogP contribution in [0.4, 0.5) is 5.82 Å². The molecule has 2 rings (SSSR count).